The Bertz CT molecular complexity index is 383. The fraction of sp³-hybridized carbons (Fsp3) is 0.938. The number of nitrogens with two attached hydrogens (primary N) is 1. The van der Waals surface area contributed by atoms with Crippen LogP contribution < -0.4 is 11.1 Å². The molecule has 3 nitrogen and oxygen atoms in total. The first-order chi connectivity index (χ1) is 8.50. The van der Waals surface area contributed by atoms with E-state index in [4.69, 9.17) is 5.73 Å². The van der Waals surface area contributed by atoms with Crippen molar-refractivity contribution in [1.82, 2.24) is 5.32 Å². The molecule has 4 unspecified atom stereocenters. The summed E-state index contributed by atoms with van der Waals surface area (Å²) in [4.78, 5) is 12.3. The summed E-state index contributed by atoms with van der Waals surface area (Å²) >= 11 is 0. The number of nitrogens with one attached hydrogen (secondary N) is 1. The Labute approximate surface area is 117 Å². The third-order valence-corrected chi connectivity index (χ3v) is 6.33. The van der Waals surface area contributed by atoms with Crippen LogP contribution in [0.1, 0.15) is 60.8 Å². The van der Waals surface area contributed by atoms with E-state index in [1.807, 2.05) is 20.8 Å². The van der Waals surface area contributed by atoms with Crippen LogP contribution in [-0.2, 0) is 4.79 Å². The van der Waals surface area contributed by atoms with Crippen molar-refractivity contribution in [2.45, 2.75) is 72.9 Å². The van der Waals surface area contributed by atoms with Gasteiger partial charge in [-0.05, 0) is 41.4 Å². The molecule has 2 saturated carbocycles. The van der Waals surface area contributed by atoms with Crippen molar-refractivity contribution in [1.29, 1.82) is 0 Å². The molecular weight excluding hydrogens is 236 g/mol. The minimum absolute atomic E-state index is 0.0158. The average Bonchev–Trinajstić information content (AvgIpc) is 2.59. The van der Waals surface area contributed by atoms with Gasteiger partial charge in [0.2, 0.25) is 5.91 Å². The highest BCUT2D eigenvalue weighted by Crippen LogP contribution is 2.65. The molecule has 110 valence electrons. The molecule has 2 bridgehead atoms. The van der Waals surface area contributed by atoms with Crippen molar-refractivity contribution >= 4 is 5.91 Å². The van der Waals surface area contributed by atoms with Gasteiger partial charge in [0, 0.05) is 6.04 Å². The van der Waals surface area contributed by atoms with Crippen LogP contribution in [0.15, 0.2) is 0 Å². The van der Waals surface area contributed by atoms with Crippen molar-refractivity contribution in [3.63, 3.8) is 0 Å². The normalized spacial score (nSPS) is 38.3. The summed E-state index contributed by atoms with van der Waals surface area (Å²) in [5.74, 6) is 0.760. The molecule has 0 radical (unpaired) electrons. The molecule has 0 spiro atoms. The fourth-order valence-electron chi connectivity index (χ4n) is 4.08. The first-order valence-corrected chi connectivity index (χ1v) is 7.56. The van der Waals surface area contributed by atoms with Gasteiger partial charge >= 0.3 is 0 Å². The first kappa shape index (κ1) is 14.8. The third kappa shape index (κ3) is 2.10. The smallest absolute Gasteiger partial charge is 0.237 e. The van der Waals surface area contributed by atoms with E-state index in [0.717, 1.165) is 12.3 Å². The van der Waals surface area contributed by atoms with E-state index in [1.54, 1.807) is 0 Å². The number of carbonyl (C=O) groups excluding carboxylic acids is 1. The predicted octanol–water partition coefficient (Wildman–Crippen LogP) is 2.69. The number of fused-ring (bicyclic) bond motifs is 2. The molecule has 2 aliphatic rings. The van der Waals surface area contributed by atoms with Gasteiger partial charge in [0.25, 0.3) is 0 Å². The Morgan fingerprint density at radius 3 is 2.26 bits per heavy atom. The molecule has 3 heteroatoms. The van der Waals surface area contributed by atoms with Crippen molar-refractivity contribution in [2.75, 3.05) is 0 Å². The molecular formula is C16H30N2O. The van der Waals surface area contributed by atoms with E-state index in [0.29, 0.717) is 11.5 Å². The molecule has 3 N–H and O–H groups in total. The highest BCUT2D eigenvalue weighted by atomic mass is 16.2. The second-order valence-electron chi connectivity index (χ2n) is 8.52. The minimum Gasteiger partial charge on any atom is -0.351 e. The number of carbonyl (C=O) groups is 1. The van der Waals surface area contributed by atoms with Crippen molar-refractivity contribution in [3.8, 4) is 0 Å². The zero-order valence-electron chi connectivity index (χ0n) is 13.3. The zero-order valence-corrected chi connectivity index (χ0v) is 13.3. The summed E-state index contributed by atoms with van der Waals surface area (Å²) < 4.78 is 0. The maximum atomic E-state index is 12.3. The van der Waals surface area contributed by atoms with Crippen LogP contribution in [0.5, 0.6) is 0 Å². The molecule has 2 rings (SSSR count). The number of hydrogen-bond donors (Lipinski definition) is 2. The lowest BCUT2D eigenvalue weighted by atomic mass is 9.69. The largest absolute Gasteiger partial charge is 0.351 e. The molecule has 0 aromatic heterocycles. The van der Waals surface area contributed by atoms with Crippen LogP contribution in [0.25, 0.3) is 0 Å². The van der Waals surface area contributed by atoms with Crippen LogP contribution >= 0.6 is 0 Å². The lowest BCUT2D eigenvalue weighted by Crippen LogP contribution is -2.55. The van der Waals surface area contributed by atoms with Gasteiger partial charge < -0.3 is 11.1 Å². The molecule has 2 aliphatic carbocycles. The van der Waals surface area contributed by atoms with Gasteiger partial charge in [-0.25, -0.2) is 0 Å². The van der Waals surface area contributed by atoms with Gasteiger partial charge in [0.15, 0.2) is 0 Å². The van der Waals surface area contributed by atoms with Crippen LogP contribution in [-0.4, -0.2) is 18.0 Å². The molecule has 19 heavy (non-hydrogen) atoms. The van der Waals surface area contributed by atoms with Gasteiger partial charge in [0.1, 0.15) is 0 Å². The van der Waals surface area contributed by atoms with E-state index in [9.17, 15) is 4.79 Å². The Balaban J connectivity index is 2.09. The van der Waals surface area contributed by atoms with Gasteiger partial charge in [-0.3, -0.25) is 4.79 Å². The predicted molar refractivity (Wildman–Crippen MR) is 78.6 cm³/mol. The number of amides is 1. The summed E-state index contributed by atoms with van der Waals surface area (Å²) in [5, 5.41) is 3.25. The summed E-state index contributed by atoms with van der Waals surface area (Å²) in [6, 6.07) is -0.138. The lowest BCUT2D eigenvalue weighted by molar-refractivity contribution is -0.126. The lowest BCUT2D eigenvalue weighted by Gasteiger charge is -2.40. The van der Waals surface area contributed by atoms with Gasteiger partial charge in [-0.15, -0.1) is 0 Å². The summed E-state index contributed by atoms with van der Waals surface area (Å²) in [6.45, 7) is 13.1. The molecule has 2 fully saturated rings. The van der Waals surface area contributed by atoms with Crippen molar-refractivity contribution in [2.24, 2.45) is 27.9 Å². The monoisotopic (exact) mass is 266 g/mol. The zero-order chi connectivity index (χ0) is 14.6. The van der Waals surface area contributed by atoms with Gasteiger partial charge in [-0.2, -0.15) is 0 Å². The third-order valence-electron chi connectivity index (χ3n) is 6.33. The van der Waals surface area contributed by atoms with Crippen LogP contribution in [0.4, 0.5) is 0 Å². The van der Waals surface area contributed by atoms with Gasteiger partial charge in [-0.1, -0.05) is 41.5 Å². The average molecular weight is 266 g/mol. The fourth-order valence-corrected chi connectivity index (χ4v) is 4.08. The Morgan fingerprint density at radius 2 is 1.89 bits per heavy atom. The highest BCUT2D eigenvalue weighted by molar-refractivity contribution is 5.82. The molecule has 0 heterocycles. The summed E-state index contributed by atoms with van der Waals surface area (Å²) in [7, 11) is 0. The Hall–Kier alpha value is -0.570. The molecule has 4 atom stereocenters. The summed E-state index contributed by atoms with van der Waals surface area (Å²) in [5.41, 5.74) is 6.44. The first-order valence-electron chi connectivity index (χ1n) is 7.56. The standard InChI is InChI=1S/C16H30N2O/c1-14(2,3)12(17)13(19)18-11-9-10-7-8-16(11,6)15(10,4)5/h10-12H,7-9,17H2,1-6H3,(H,18,19). The minimum atomic E-state index is -0.432. The molecule has 0 aromatic rings. The van der Waals surface area contributed by atoms with E-state index in [2.05, 4.69) is 26.1 Å². The Kier molecular flexibility index (Phi) is 3.29. The summed E-state index contributed by atoms with van der Waals surface area (Å²) in [6.07, 6.45) is 3.65. The SMILES string of the molecule is CC(C)(C)C(N)C(=O)NC1CC2CCC1(C)C2(C)C. The second kappa shape index (κ2) is 4.21. The number of hydrogen-bond acceptors (Lipinski definition) is 2. The quantitative estimate of drug-likeness (QED) is 0.807. The Morgan fingerprint density at radius 1 is 1.32 bits per heavy atom. The maximum absolute atomic E-state index is 12.3. The van der Waals surface area contributed by atoms with E-state index in [-0.39, 0.29) is 16.7 Å². The molecule has 0 aromatic carbocycles. The highest BCUT2D eigenvalue weighted by Gasteiger charge is 2.61. The van der Waals surface area contributed by atoms with Crippen molar-refractivity contribution < 1.29 is 4.79 Å². The van der Waals surface area contributed by atoms with Crippen LogP contribution in [0, 0.1) is 22.2 Å². The van der Waals surface area contributed by atoms with Crippen LogP contribution in [0.2, 0.25) is 0 Å². The molecule has 1 amide bonds. The van der Waals surface area contributed by atoms with E-state index < -0.39 is 6.04 Å². The van der Waals surface area contributed by atoms with E-state index in [1.165, 1.54) is 12.8 Å². The maximum Gasteiger partial charge on any atom is 0.237 e. The topological polar surface area (TPSA) is 55.1 Å². The number of rotatable bonds is 2. The van der Waals surface area contributed by atoms with E-state index >= 15 is 0 Å². The van der Waals surface area contributed by atoms with Gasteiger partial charge in [0.05, 0.1) is 6.04 Å². The van der Waals surface area contributed by atoms with Crippen LogP contribution in [0.3, 0.4) is 0 Å². The molecule has 0 aliphatic heterocycles. The van der Waals surface area contributed by atoms with Crippen molar-refractivity contribution in [3.05, 3.63) is 0 Å². The molecule has 0 saturated heterocycles. The second-order valence-corrected chi connectivity index (χ2v) is 8.52.